The van der Waals surface area contributed by atoms with Gasteiger partial charge < -0.3 is 9.84 Å². The minimum Gasteiger partial charge on any atom is -0.507 e. The van der Waals surface area contributed by atoms with E-state index in [1.54, 1.807) is 24.3 Å². The van der Waals surface area contributed by atoms with Gasteiger partial charge in [0.05, 0.1) is 18.2 Å². The lowest BCUT2D eigenvalue weighted by Crippen LogP contribution is -2.29. The molecule has 1 aromatic heterocycles. The van der Waals surface area contributed by atoms with Gasteiger partial charge in [0.2, 0.25) is 5.13 Å². The number of anilines is 1. The number of Topliss-reactive ketones (excluding diaryl/α,β-unsaturated/α-hetero) is 1. The van der Waals surface area contributed by atoms with Crippen molar-refractivity contribution in [1.82, 2.24) is 10.2 Å². The van der Waals surface area contributed by atoms with Crippen molar-refractivity contribution in [2.24, 2.45) is 0 Å². The van der Waals surface area contributed by atoms with E-state index >= 15 is 0 Å². The van der Waals surface area contributed by atoms with Gasteiger partial charge >= 0.3 is 5.91 Å². The van der Waals surface area contributed by atoms with Gasteiger partial charge in [-0.15, -0.1) is 10.2 Å². The number of benzene rings is 3. The summed E-state index contributed by atoms with van der Waals surface area (Å²) < 4.78 is 7.25. The Hall–Kier alpha value is -3.47. The van der Waals surface area contributed by atoms with Crippen LogP contribution in [0, 0.1) is 0 Å². The van der Waals surface area contributed by atoms with Gasteiger partial charge in [-0.1, -0.05) is 94.8 Å². The molecular formula is C30H26BrN3O4S2. The molecule has 0 aliphatic carbocycles. The molecule has 4 aromatic rings. The molecule has 1 aliphatic heterocycles. The molecule has 1 amide bonds. The van der Waals surface area contributed by atoms with Gasteiger partial charge in [0.25, 0.3) is 5.78 Å². The van der Waals surface area contributed by atoms with E-state index in [4.69, 9.17) is 4.74 Å². The fourth-order valence-corrected chi connectivity index (χ4v) is 6.35. The van der Waals surface area contributed by atoms with Crippen molar-refractivity contribution in [3.63, 3.8) is 0 Å². The maximum absolute atomic E-state index is 13.4. The molecule has 5 rings (SSSR count). The Morgan fingerprint density at radius 1 is 1.02 bits per heavy atom. The Balaban J connectivity index is 1.49. The predicted molar refractivity (Wildman–Crippen MR) is 162 cm³/mol. The quantitative estimate of drug-likeness (QED) is 0.0485. The van der Waals surface area contributed by atoms with Crippen molar-refractivity contribution in [3.05, 3.63) is 106 Å². The summed E-state index contributed by atoms with van der Waals surface area (Å²) in [6.45, 7) is 2.69. The molecule has 1 atom stereocenters. The van der Waals surface area contributed by atoms with E-state index in [0.29, 0.717) is 38.7 Å². The van der Waals surface area contributed by atoms with Gasteiger partial charge in [-0.25, -0.2) is 0 Å². The van der Waals surface area contributed by atoms with Gasteiger partial charge in [0.1, 0.15) is 11.5 Å². The SMILES string of the molecule is CCCCOc1ccc(C(O)=C2C(=O)C(=O)N(c3nnc(SCc4ccccc4)s3)[C@@H]2c2ccc(Br)cc2)cc1. The van der Waals surface area contributed by atoms with Gasteiger partial charge in [-0.2, -0.15) is 0 Å². The highest BCUT2D eigenvalue weighted by molar-refractivity contribution is 9.10. The Kier molecular flexibility index (Phi) is 8.98. The summed E-state index contributed by atoms with van der Waals surface area (Å²) in [6, 6.07) is 23.3. The lowest BCUT2D eigenvalue weighted by Gasteiger charge is -2.22. The summed E-state index contributed by atoms with van der Waals surface area (Å²) in [5.41, 5.74) is 2.22. The van der Waals surface area contributed by atoms with Crippen molar-refractivity contribution in [1.29, 1.82) is 0 Å². The molecule has 0 unspecified atom stereocenters. The monoisotopic (exact) mass is 635 g/mol. The second-order valence-corrected chi connectivity index (χ2v) is 12.2. The summed E-state index contributed by atoms with van der Waals surface area (Å²) in [5, 5.41) is 20.2. The number of aliphatic hydroxyl groups is 1. The Labute approximate surface area is 249 Å². The van der Waals surface area contributed by atoms with E-state index in [1.807, 2.05) is 54.6 Å². The molecule has 1 aliphatic rings. The van der Waals surface area contributed by atoms with Crippen LogP contribution in [0.3, 0.4) is 0 Å². The first kappa shape index (κ1) is 28.1. The third kappa shape index (κ3) is 6.14. The van der Waals surface area contributed by atoms with E-state index in [-0.39, 0.29) is 11.3 Å². The summed E-state index contributed by atoms with van der Waals surface area (Å²) in [6.07, 6.45) is 1.97. The van der Waals surface area contributed by atoms with Crippen molar-refractivity contribution >= 4 is 61.6 Å². The van der Waals surface area contributed by atoms with Crippen molar-refractivity contribution in [2.45, 2.75) is 35.9 Å². The molecule has 0 bridgehead atoms. The maximum Gasteiger partial charge on any atom is 0.301 e. The van der Waals surface area contributed by atoms with Crippen LogP contribution in [0.5, 0.6) is 5.75 Å². The fraction of sp³-hybridized carbons (Fsp3) is 0.200. The van der Waals surface area contributed by atoms with E-state index in [0.717, 1.165) is 22.9 Å². The van der Waals surface area contributed by atoms with Crippen molar-refractivity contribution in [2.75, 3.05) is 11.5 Å². The molecule has 7 nitrogen and oxygen atoms in total. The second kappa shape index (κ2) is 12.8. The average Bonchev–Trinajstić information content (AvgIpc) is 3.55. The normalized spacial score (nSPS) is 16.4. The Morgan fingerprint density at radius 2 is 1.75 bits per heavy atom. The number of rotatable bonds is 10. The summed E-state index contributed by atoms with van der Waals surface area (Å²) in [7, 11) is 0. The van der Waals surface area contributed by atoms with E-state index in [1.165, 1.54) is 28.0 Å². The number of aliphatic hydroxyl groups excluding tert-OH is 1. The van der Waals surface area contributed by atoms with Crippen molar-refractivity contribution < 1.29 is 19.4 Å². The standard InChI is InChI=1S/C30H26BrN3O4S2/c1-2-3-17-38-23-15-11-21(12-16-23)26(35)24-25(20-9-13-22(31)14-10-20)34(28(37)27(24)36)29-32-33-30(40-29)39-18-19-7-5-4-6-8-19/h4-16,25,35H,2-3,17-18H2,1H3/t25-/m1/s1. The number of ketones is 1. The molecule has 0 saturated carbocycles. The minimum absolute atomic E-state index is 0.000613. The Bertz CT molecular complexity index is 1520. The minimum atomic E-state index is -0.867. The molecule has 0 radical (unpaired) electrons. The van der Waals surface area contributed by atoms with E-state index < -0.39 is 17.7 Å². The number of thioether (sulfide) groups is 1. The van der Waals surface area contributed by atoms with E-state index in [2.05, 4.69) is 33.1 Å². The molecule has 2 heterocycles. The number of carbonyl (C=O) groups excluding carboxylic acids is 2. The Morgan fingerprint density at radius 3 is 2.45 bits per heavy atom. The number of aromatic nitrogens is 2. The summed E-state index contributed by atoms with van der Waals surface area (Å²) >= 11 is 6.19. The third-order valence-corrected chi connectivity index (χ3v) is 8.99. The molecule has 1 saturated heterocycles. The molecule has 3 aromatic carbocycles. The van der Waals surface area contributed by atoms with Gasteiger partial charge in [-0.3, -0.25) is 14.5 Å². The molecule has 0 spiro atoms. The number of amides is 1. The third-order valence-electron chi connectivity index (χ3n) is 6.33. The van der Waals surface area contributed by atoms with Gasteiger partial charge in [0.15, 0.2) is 4.34 Å². The molecule has 1 N–H and O–H groups in total. The van der Waals surface area contributed by atoms with Crippen LogP contribution in [0.4, 0.5) is 5.13 Å². The van der Waals surface area contributed by atoms with Crippen molar-refractivity contribution in [3.8, 4) is 5.75 Å². The zero-order valence-corrected chi connectivity index (χ0v) is 24.8. The second-order valence-electron chi connectivity index (χ2n) is 9.07. The van der Waals surface area contributed by atoms with Gasteiger partial charge in [-0.05, 0) is 53.9 Å². The van der Waals surface area contributed by atoms with Crippen LogP contribution < -0.4 is 9.64 Å². The first-order valence-corrected chi connectivity index (χ1v) is 15.4. The number of carbonyl (C=O) groups is 2. The number of hydrogen-bond donors (Lipinski definition) is 1. The zero-order valence-electron chi connectivity index (χ0n) is 21.6. The lowest BCUT2D eigenvalue weighted by atomic mass is 9.95. The van der Waals surface area contributed by atoms with Crippen LogP contribution in [0.25, 0.3) is 5.76 Å². The van der Waals surface area contributed by atoms with E-state index in [9.17, 15) is 14.7 Å². The molecule has 10 heteroatoms. The summed E-state index contributed by atoms with van der Waals surface area (Å²) in [5.74, 6) is -0.420. The van der Waals surface area contributed by atoms with Crippen LogP contribution in [-0.2, 0) is 15.3 Å². The predicted octanol–water partition coefficient (Wildman–Crippen LogP) is 7.40. The molecular weight excluding hydrogens is 610 g/mol. The highest BCUT2D eigenvalue weighted by Gasteiger charge is 2.48. The number of nitrogens with zero attached hydrogens (tertiary/aromatic N) is 3. The molecule has 1 fully saturated rings. The van der Waals surface area contributed by atoms with Crippen LogP contribution in [-0.4, -0.2) is 33.6 Å². The largest absolute Gasteiger partial charge is 0.507 e. The van der Waals surface area contributed by atoms with Crippen LogP contribution >= 0.6 is 39.0 Å². The van der Waals surface area contributed by atoms with Gasteiger partial charge in [0, 0.05) is 15.8 Å². The highest BCUT2D eigenvalue weighted by Crippen LogP contribution is 2.44. The highest BCUT2D eigenvalue weighted by atomic mass is 79.9. The lowest BCUT2D eigenvalue weighted by molar-refractivity contribution is -0.132. The van der Waals surface area contributed by atoms with Crippen LogP contribution in [0.2, 0.25) is 0 Å². The number of ether oxygens (including phenoxy) is 1. The molecule has 204 valence electrons. The average molecular weight is 637 g/mol. The van der Waals surface area contributed by atoms with Crippen LogP contribution in [0.1, 0.15) is 42.5 Å². The summed E-state index contributed by atoms with van der Waals surface area (Å²) in [4.78, 5) is 28.2. The zero-order chi connectivity index (χ0) is 28.1. The van der Waals surface area contributed by atoms with Crippen LogP contribution in [0.15, 0.2) is 93.2 Å². The topological polar surface area (TPSA) is 92.6 Å². The number of unbranched alkanes of at least 4 members (excludes halogenated alkanes) is 1. The number of halogens is 1. The molecule has 40 heavy (non-hydrogen) atoms. The first-order chi connectivity index (χ1) is 19.5. The smallest absolute Gasteiger partial charge is 0.301 e. The fourth-order valence-electron chi connectivity index (χ4n) is 4.27. The maximum atomic E-state index is 13.4. The first-order valence-electron chi connectivity index (χ1n) is 12.8. The number of hydrogen-bond acceptors (Lipinski definition) is 8.